The summed E-state index contributed by atoms with van der Waals surface area (Å²) in [6.45, 7) is 0.686. The standard InChI is InChI=1S/C25H23N5O3.ClH/c1-32-17-8-9-23(33-2)21(13-17)29-25(31)28-20-6-3-7-22-19(20)10-12-30(22)15-16-14-27-24-18(16)5-4-11-26-24;/h3-14H,15H2,1-2H3,(H,26,27)(H2,28,29,31);1H. The molecule has 34 heavy (non-hydrogen) atoms. The molecule has 8 nitrogen and oxygen atoms in total. The monoisotopic (exact) mass is 477 g/mol. The molecule has 0 atom stereocenters. The summed E-state index contributed by atoms with van der Waals surface area (Å²) < 4.78 is 12.7. The average Bonchev–Trinajstić information content (AvgIpc) is 3.44. The Bertz CT molecular complexity index is 1460. The Morgan fingerprint density at radius 1 is 1.00 bits per heavy atom. The molecule has 9 heteroatoms. The summed E-state index contributed by atoms with van der Waals surface area (Å²) in [6.07, 6.45) is 5.78. The van der Waals surface area contributed by atoms with Gasteiger partial charge in [0, 0.05) is 42.0 Å². The molecule has 3 aromatic heterocycles. The van der Waals surface area contributed by atoms with Crippen molar-refractivity contribution in [3.8, 4) is 11.5 Å². The van der Waals surface area contributed by atoms with E-state index < -0.39 is 0 Å². The van der Waals surface area contributed by atoms with Gasteiger partial charge < -0.3 is 29.7 Å². The highest BCUT2D eigenvalue weighted by molar-refractivity contribution is 6.06. The number of hydrogen-bond acceptors (Lipinski definition) is 4. The number of amides is 2. The van der Waals surface area contributed by atoms with Gasteiger partial charge in [0.05, 0.1) is 31.1 Å². The number of carbonyl (C=O) groups is 1. The van der Waals surface area contributed by atoms with E-state index in [4.69, 9.17) is 9.47 Å². The Morgan fingerprint density at radius 3 is 2.68 bits per heavy atom. The van der Waals surface area contributed by atoms with E-state index in [1.54, 1.807) is 38.6 Å². The molecule has 0 spiro atoms. The molecule has 0 radical (unpaired) electrons. The molecule has 0 saturated carbocycles. The van der Waals surface area contributed by atoms with Crippen molar-refractivity contribution in [3.63, 3.8) is 0 Å². The van der Waals surface area contributed by atoms with Crippen LogP contribution in [0.1, 0.15) is 5.56 Å². The van der Waals surface area contributed by atoms with Crippen LogP contribution in [0.25, 0.3) is 21.9 Å². The lowest BCUT2D eigenvalue weighted by molar-refractivity contribution is 0.262. The van der Waals surface area contributed by atoms with Gasteiger partial charge in [0.25, 0.3) is 0 Å². The summed E-state index contributed by atoms with van der Waals surface area (Å²) in [7, 11) is 3.13. The van der Waals surface area contributed by atoms with Crippen LogP contribution in [-0.2, 0) is 6.54 Å². The SMILES string of the molecule is COc1ccc(OC)c(NC(=O)Nc2cccc3c2ccn3Cc2c[nH]c3ncccc23)c1.Cl. The van der Waals surface area contributed by atoms with Crippen molar-refractivity contribution in [2.75, 3.05) is 24.9 Å². The first-order chi connectivity index (χ1) is 16.2. The molecule has 5 rings (SSSR count). The molecule has 3 heterocycles. The molecule has 5 aromatic rings. The fourth-order valence-corrected chi connectivity index (χ4v) is 3.98. The number of nitrogens with one attached hydrogen (secondary N) is 3. The molecule has 0 aliphatic rings. The van der Waals surface area contributed by atoms with Crippen LogP contribution in [0.3, 0.4) is 0 Å². The van der Waals surface area contributed by atoms with E-state index in [2.05, 4.69) is 31.2 Å². The van der Waals surface area contributed by atoms with Crippen LogP contribution < -0.4 is 20.1 Å². The number of urea groups is 1. The topological polar surface area (TPSA) is 93.2 Å². The van der Waals surface area contributed by atoms with E-state index >= 15 is 0 Å². The van der Waals surface area contributed by atoms with Gasteiger partial charge in [0.2, 0.25) is 0 Å². The number of H-pyrrole nitrogens is 1. The lowest BCUT2D eigenvalue weighted by Crippen LogP contribution is -2.20. The molecule has 0 fully saturated rings. The quantitative estimate of drug-likeness (QED) is 0.294. The van der Waals surface area contributed by atoms with E-state index in [-0.39, 0.29) is 18.4 Å². The minimum Gasteiger partial charge on any atom is -0.497 e. The second kappa shape index (κ2) is 9.76. The predicted molar refractivity (Wildman–Crippen MR) is 137 cm³/mol. The zero-order chi connectivity index (χ0) is 22.8. The minimum atomic E-state index is -0.371. The number of methoxy groups -OCH3 is 2. The summed E-state index contributed by atoms with van der Waals surface area (Å²) in [5.74, 6) is 1.17. The van der Waals surface area contributed by atoms with E-state index in [1.807, 2.05) is 42.7 Å². The molecule has 0 unspecified atom stereocenters. The number of benzene rings is 2. The number of aromatic amines is 1. The lowest BCUT2D eigenvalue weighted by Gasteiger charge is -2.13. The van der Waals surface area contributed by atoms with Crippen molar-refractivity contribution in [3.05, 3.63) is 78.8 Å². The van der Waals surface area contributed by atoms with E-state index in [0.29, 0.717) is 29.4 Å². The zero-order valence-corrected chi connectivity index (χ0v) is 19.5. The molecule has 2 amide bonds. The largest absolute Gasteiger partial charge is 0.497 e. The van der Waals surface area contributed by atoms with Crippen molar-refractivity contribution < 1.29 is 14.3 Å². The Labute approximate surface area is 202 Å². The summed E-state index contributed by atoms with van der Waals surface area (Å²) in [5.41, 5.74) is 4.27. The van der Waals surface area contributed by atoms with Crippen molar-refractivity contribution in [2.24, 2.45) is 0 Å². The molecule has 0 aliphatic heterocycles. The number of carbonyl (C=O) groups excluding carboxylic acids is 1. The van der Waals surface area contributed by atoms with Gasteiger partial charge in [0.1, 0.15) is 17.1 Å². The third kappa shape index (κ3) is 4.35. The maximum absolute atomic E-state index is 12.8. The summed E-state index contributed by atoms with van der Waals surface area (Å²) in [6, 6.07) is 16.7. The first-order valence-corrected chi connectivity index (χ1v) is 10.4. The van der Waals surface area contributed by atoms with Gasteiger partial charge in [-0.1, -0.05) is 6.07 Å². The molecule has 174 valence electrons. The van der Waals surface area contributed by atoms with Crippen molar-refractivity contribution in [2.45, 2.75) is 6.54 Å². The molecule has 2 aromatic carbocycles. The highest BCUT2D eigenvalue weighted by Gasteiger charge is 2.13. The fraction of sp³-hybridized carbons (Fsp3) is 0.120. The number of nitrogens with zero attached hydrogens (tertiary/aromatic N) is 2. The number of halogens is 1. The third-order valence-corrected chi connectivity index (χ3v) is 5.59. The Kier molecular flexibility index (Phi) is 6.60. The van der Waals surface area contributed by atoms with Crippen LogP contribution in [0, 0.1) is 0 Å². The van der Waals surface area contributed by atoms with Crippen LogP contribution in [0.5, 0.6) is 11.5 Å². The number of rotatable bonds is 6. The minimum absolute atomic E-state index is 0. The average molecular weight is 478 g/mol. The van der Waals surface area contributed by atoms with Crippen LogP contribution in [-0.4, -0.2) is 34.8 Å². The van der Waals surface area contributed by atoms with Gasteiger partial charge in [0.15, 0.2) is 0 Å². The molecular formula is C25H24ClN5O3. The van der Waals surface area contributed by atoms with E-state index in [1.165, 1.54) is 0 Å². The normalized spacial score (nSPS) is 10.6. The smallest absolute Gasteiger partial charge is 0.323 e. The van der Waals surface area contributed by atoms with Crippen molar-refractivity contribution in [1.82, 2.24) is 14.5 Å². The van der Waals surface area contributed by atoms with E-state index in [9.17, 15) is 4.79 Å². The fourth-order valence-electron chi connectivity index (χ4n) is 3.98. The van der Waals surface area contributed by atoms with Gasteiger partial charge in [-0.3, -0.25) is 0 Å². The number of fused-ring (bicyclic) bond motifs is 2. The number of ether oxygens (including phenoxy) is 2. The van der Waals surface area contributed by atoms with Crippen LogP contribution >= 0.6 is 12.4 Å². The third-order valence-electron chi connectivity index (χ3n) is 5.59. The second-order valence-electron chi connectivity index (χ2n) is 7.54. The predicted octanol–water partition coefficient (Wildman–Crippen LogP) is 5.65. The van der Waals surface area contributed by atoms with Gasteiger partial charge in [-0.15, -0.1) is 12.4 Å². The zero-order valence-electron chi connectivity index (χ0n) is 18.7. The van der Waals surface area contributed by atoms with Crippen LogP contribution in [0.15, 0.2) is 73.2 Å². The van der Waals surface area contributed by atoms with Crippen molar-refractivity contribution in [1.29, 1.82) is 0 Å². The maximum Gasteiger partial charge on any atom is 0.323 e. The molecule has 0 bridgehead atoms. The maximum atomic E-state index is 12.8. The Balaban J connectivity index is 0.00000274. The highest BCUT2D eigenvalue weighted by Crippen LogP contribution is 2.30. The number of aromatic nitrogens is 3. The lowest BCUT2D eigenvalue weighted by atomic mass is 10.2. The van der Waals surface area contributed by atoms with Gasteiger partial charge in [-0.25, -0.2) is 9.78 Å². The first kappa shape index (κ1) is 23.0. The van der Waals surface area contributed by atoms with Crippen LogP contribution in [0.2, 0.25) is 0 Å². The summed E-state index contributed by atoms with van der Waals surface area (Å²) in [4.78, 5) is 20.3. The second-order valence-corrected chi connectivity index (χ2v) is 7.54. The van der Waals surface area contributed by atoms with Crippen LogP contribution in [0.4, 0.5) is 16.2 Å². The molecule has 3 N–H and O–H groups in total. The number of hydrogen-bond donors (Lipinski definition) is 3. The Morgan fingerprint density at radius 2 is 1.85 bits per heavy atom. The Hall–Kier alpha value is -4.17. The molecular weight excluding hydrogens is 454 g/mol. The highest BCUT2D eigenvalue weighted by atomic mass is 35.5. The van der Waals surface area contributed by atoms with Gasteiger partial charge in [-0.2, -0.15) is 0 Å². The van der Waals surface area contributed by atoms with E-state index in [0.717, 1.165) is 27.5 Å². The van der Waals surface area contributed by atoms with Gasteiger partial charge >= 0.3 is 6.03 Å². The first-order valence-electron chi connectivity index (χ1n) is 10.4. The summed E-state index contributed by atoms with van der Waals surface area (Å²) in [5, 5.41) is 7.83. The van der Waals surface area contributed by atoms with Crippen molar-refractivity contribution >= 4 is 51.7 Å². The summed E-state index contributed by atoms with van der Waals surface area (Å²) >= 11 is 0. The van der Waals surface area contributed by atoms with Gasteiger partial charge in [-0.05, 0) is 48.0 Å². The molecule has 0 aliphatic carbocycles. The molecule has 0 saturated heterocycles. The number of pyridine rings is 1. The number of anilines is 2.